The van der Waals surface area contributed by atoms with Gasteiger partial charge in [0.15, 0.2) is 0 Å². The lowest BCUT2D eigenvalue weighted by Crippen LogP contribution is -2.29. The fourth-order valence-electron chi connectivity index (χ4n) is 1.28. The topological polar surface area (TPSA) is 105 Å². The van der Waals surface area contributed by atoms with Crippen molar-refractivity contribution in [2.75, 3.05) is 11.0 Å². The van der Waals surface area contributed by atoms with Crippen LogP contribution in [0.25, 0.3) is 0 Å². The summed E-state index contributed by atoms with van der Waals surface area (Å²) >= 11 is 0. The van der Waals surface area contributed by atoms with Crippen molar-refractivity contribution in [2.45, 2.75) is 13.5 Å². The van der Waals surface area contributed by atoms with E-state index < -0.39 is 28.1 Å². The van der Waals surface area contributed by atoms with Gasteiger partial charge in [-0.1, -0.05) is 0 Å². The van der Waals surface area contributed by atoms with Crippen molar-refractivity contribution in [3.05, 3.63) is 28.2 Å². The second-order valence-electron chi connectivity index (χ2n) is 3.55. The minimum absolute atomic E-state index is 0.167. The summed E-state index contributed by atoms with van der Waals surface area (Å²) in [6.07, 6.45) is 0.911. The lowest BCUT2D eigenvalue weighted by molar-refractivity contribution is -0.137. The van der Waals surface area contributed by atoms with Crippen LogP contribution in [0.1, 0.15) is 5.69 Å². The Morgan fingerprint density at radius 2 is 2.06 bits per heavy atom. The maximum absolute atomic E-state index is 11.8. The number of nitrogens with zero attached hydrogens (tertiary/aromatic N) is 1. The molecule has 0 bridgehead atoms. The summed E-state index contributed by atoms with van der Waals surface area (Å²) in [5.74, 6) is -1.17. The molecule has 1 aromatic heterocycles. The molecule has 0 aliphatic rings. The third-order valence-corrected chi connectivity index (χ3v) is 2.57. The van der Waals surface area contributed by atoms with E-state index in [1.54, 1.807) is 6.92 Å². The highest BCUT2D eigenvalue weighted by atomic mass is 32.2. The van der Waals surface area contributed by atoms with Crippen LogP contribution in [0.4, 0.5) is 5.69 Å². The van der Waals surface area contributed by atoms with E-state index in [0.29, 0.717) is 5.69 Å². The lowest BCUT2D eigenvalue weighted by atomic mass is 10.3. The molecule has 1 rings (SSSR count). The van der Waals surface area contributed by atoms with Gasteiger partial charge >= 0.3 is 5.97 Å². The van der Waals surface area contributed by atoms with E-state index in [4.69, 9.17) is 5.11 Å². The van der Waals surface area contributed by atoms with Crippen LogP contribution in [-0.2, 0) is 21.4 Å². The van der Waals surface area contributed by atoms with E-state index in [1.807, 2.05) is 4.72 Å². The number of aromatic nitrogens is 1. The van der Waals surface area contributed by atoms with E-state index in [0.717, 1.165) is 10.8 Å². The van der Waals surface area contributed by atoms with E-state index in [1.165, 1.54) is 12.1 Å². The molecule has 0 amide bonds. The first-order valence-electron chi connectivity index (χ1n) is 4.61. The highest BCUT2D eigenvalue weighted by Gasteiger charge is 2.11. The first kappa shape index (κ1) is 13.2. The number of aryl methyl sites for hydroxylation is 1. The van der Waals surface area contributed by atoms with Crippen molar-refractivity contribution in [1.29, 1.82) is 0 Å². The minimum atomic E-state index is -3.57. The third-order valence-electron chi connectivity index (χ3n) is 1.98. The van der Waals surface area contributed by atoms with Crippen LogP contribution in [0.2, 0.25) is 0 Å². The fourth-order valence-corrected chi connectivity index (χ4v) is 1.83. The Hall–Kier alpha value is -1.83. The zero-order chi connectivity index (χ0) is 13.2. The molecule has 0 unspecified atom stereocenters. The number of rotatable bonds is 4. The van der Waals surface area contributed by atoms with Crippen molar-refractivity contribution >= 4 is 21.7 Å². The molecule has 0 fully saturated rings. The number of carboxylic acids is 1. The van der Waals surface area contributed by atoms with Crippen LogP contribution in [0.3, 0.4) is 0 Å². The number of carboxylic acid groups (broad SMARTS) is 1. The Labute approximate surface area is 97.7 Å². The number of aliphatic carboxylic acids is 1. The number of pyridine rings is 1. The number of carbonyl (C=O) groups is 1. The maximum Gasteiger partial charge on any atom is 0.323 e. The molecular weight excluding hydrogens is 248 g/mol. The van der Waals surface area contributed by atoms with Crippen molar-refractivity contribution in [3.63, 3.8) is 0 Å². The molecule has 0 aliphatic carbocycles. The molecule has 0 radical (unpaired) electrons. The molecule has 0 aliphatic heterocycles. The average molecular weight is 260 g/mol. The van der Waals surface area contributed by atoms with Crippen LogP contribution in [0, 0.1) is 6.92 Å². The Balaban J connectivity index is 3.29. The molecule has 2 N–H and O–H groups in total. The second kappa shape index (κ2) is 4.58. The standard InChI is InChI=1S/C9H12N2O5S/c1-6-3-4-7(10-17(2,15)16)9(14)11(6)5-8(12)13/h3-4,10H,5H2,1-2H3,(H,12,13). The lowest BCUT2D eigenvalue weighted by Gasteiger charge is -2.10. The van der Waals surface area contributed by atoms with Gasteiger partial charge in [0.1, 0.15) is 12.2 Å². The highest BCUT2D eigenvalue weighted by Crippen LogP contribution is 2.04. The van der Waals surface area contributed by atoms with Gasteiger partial charge in [0.2, 0.25) is 10.0 Å². The first-order chi connectivity index (χ1) is 7.70. The van der Waals surface area contributed by atoms with Crippen LogP contribution in [0.15, 0.2) is 16.9 Å². The Bertz CT molecular complexity index is 602. The molecule has 8 heteroatoms. The molecule has 1 aromatic rings. The Kier molecular flexibility index (Phi) is 3.56. The van der Waals surface area contributed by atoms with Crippen LogP contribution < -0.4 is 10.3 Å². The molecule has 0 saturated heterocycles. The molecule has 7 nitrogen and oxygen atoms in total. The molecular formula is C9H12N2O5S. The number of nitrogens with one attached hydrogen (secondary N) is 1. The summed E-state index contributed by atoms with van der Waals surface area (Å²) in [5.41, 5.74) is -0.409. The van der Waals surface area contributed by atoms with E-state index in [-0.39, 0.29) is 5.69 Å². The summed E-state index contributed by atoms with van der Waals surface area (Å²) in [6.45, 7) is 1.05. The predicted molar refractivity (Wildman–Crippen MR) is 61.5 cm³/mol. The number of anilines is 1. The number of hydrogen-bond donors (Lipinski definition) is 2. The average Bonchev–Trinajstić information content (AvgIpc) is 2.15. The van der Waals surface area contributed by atoms with Crippen molar-refractivity contribution < 1.29 is 18.3 Å². The smallest absolute Gasteiger partial charge is 0.323 e. The molecule has 94 valence electrons. The maximum atomic E-state index is 11.8. The summed E-state index contributed by atoms with van der Waals surface area (Å²) in [5, 5.41) is 8.64. The Morgan fingerprint density at radius 1 is 1.47 bits per heavy atom. The van der Waals surface area contributed by atoms with E-state index in [9.17, 15) is 18.0 Å². The van der Waals surface area contributed by atoms with Crippen LogP contribution in [0.5, 0.6) is 0 Å². The van der Waals surface area contributed by atoms with E-state index in [2.05, 4.69) is 0 Å². The third kappa shape index (κ3) is 3.59. The normalized spacial score (nSPS) is 11.2. The molecule has 1 heterocycles. The number of hydrogen-bond acceptors (Lipinski definition) is 4. The zero-order valence-electron chi connectivity index (χ0n) is 9.30. The van der Waals surface area contributed by atoms with Gasteiger partial charge in [0.05, 0.1) is 6.26 Å². The molecule has 0 spiro atoms. The molecule has 17 heavy (non-hydrogen) atoms. The molecule has 0 aromatic carbocycles. The van der Waals surface area contributed by atoms with Gasteiger partial charge in [0.25, 0.3) is 5.56 Å². The monoisotopic (exact) mass is 260 g/mol. The van der Waals surface area contributed by atoms with E-state index >= 15 is 0 Å². The van der Waals surface area contributed by atoms with Gasteiger partial charge in [0, 0.05) is 5.69 Å². The molecule has 0 atom stereocenters. The number of sulfonamides is 1. The second-order valence-corrected chi connectivity index (χ2v) is 5.30. The van der Waals surface area contributed by atoms with Gasteiger partial charge in [-0.3, -0.25) is 18.9 Å². The van der Waals surface area contributed by atoms with Crippen LogP contribution in [-0.4, -0.2) is 30.3 Å². The zero-order valence-corrected chi connectivity index (χ0v) is 10.1. The fraction of sp³-hybridized carbons (Fsp3) is 0.333. The van der Waals surface area contributed by atoms with Gasteiger partial charge in [-0.05, 0) is 19.1 Å². The predicted octanol–water partition coefficient (Wildman–Crippen LogP) is -0.387. The van der Waals surface area contributed by atoms with Gasteiger partial charge in [-0.15, -0.1) is 0 Å². The van der Waals surface area contributed by atoms with Gasteiger partial charge in [-0.25, -0.2) is 8.42 Å². The minimum Gasteiger partial charge on any atom is -0.480 e. The first-order valence-corrected chi connectivity index (χ1v) is 6.50. The molecule has 0 saturated carbocycles. The summed E-state index contributed by atoms with van der Waals surface area (Å²) in [7, 11) is -3.57. The summed E-state index contributed by atoms with van der Waals surface area (Å²) in [6, 6.07) is 2.77. The highest BCUT2D eigenvalue weighted by molar-refractivity contribution is 7.92. The quantitative estimate of drug-likeness (QED) is 0.767. The van der Waals surface area contributed by atoms with Crippen molar-refractivity contribution in [1.82, 2.24) is 4.57 Å². The summed E-state index contributed by atoms with van der Waals surface area (Å²) < 4.78 is 25.0. The largest absolute Gasteiger partial charge is 0.480 e. The SMILES string of the molecule is Cc1ccc(NS(C)(=O)=O)c(=O)n1CC(=O)O. The van der Waals surface area contributed by atoms with Crippen molar-refractivity contribution in [3.8, 4) is 0 Å². The Morgan fingerprint density at radius 3 is 2.53 bits per heavy atom. The van der Waals surface area contributed by atoms with Crippen molar-refractivity contribution in [2.24, 2.45) is 0 Å². The van der Waals surface area contributed by atoms with Gasteiger partial charge in [-0.2, -0.15) is 0 Å². The van der Waals surface area contributed by atoms with Crippen LogP contribution >= 0.6 is 0 Å². The summed E-state index contributed by atoms with van der Waals surface area (Å²) in [4.78, 5) is 22.3. The van der Waals surface area contributed by atoms with Gasteiger partial charge < -0.3 is 5.11 Å².